The average Bonchev–Trinajstić information content (AvgIpc) is 2.39. The minimum absolute atomic E-state index is 0.587. The highest BCUT2D eigenvalue weighted by Gasteiger charge is 2.14. The van der Waals surface area contributed by atoms with Crippen molar-refractivity contribution in [1.29, 1.82) is 0 Å². The van der Waals surface area contributed by atoms with Gasteiger partial charge in [0.25, 0.3) is 0 Å². The lowest BCUT2D eigenvalue weighted by atomic mass is 10.0. The molecule has 0 N–H and O–H groups in total. The van der Waals surface area contributed by atoms with E-state index >= 15 is 0 Å². The van der Waals surface area contributed by atoms with Crippen LogP contribution in [0.5, 0.6) is 0 Å². The molecule has 0 aliphatic heterocycles. The summed E-state index contributed by atoms with van der Waals surface area (Å²) in [5, 5.41) is 0. The molecule has 0 saturated carbocycles. The van der Waals surface area contributed by atoms with Crippen molar-refractivity contribution in [1.82, 2.24) is 0 Å². The van der Waals surface area contributed by atoms with Crippen LogP contribution in [0.15, 0.2) is 0 Å². The number of hydrogen-bond acceptors (Lipinski definition) is 1. The lowest BCUT2D eigenvalue weighted by Gasteiger charge is -2.17. The van der Waals surface area contributed by atoms with Gasteiger partial charge >= 0.3 is 0 Å². The van der Waals surface area contributed by atoms with Crippen LogP contribution in [0, 0.1) is 11.8 Å². The Hall–Kier alpha value is 0.150. The standard InChI is InChI=1S/C16H34OS/c1-5-9-11-15(7-3)13-18(17)14-16(8-4)12-10-6-2/h15-16H,5-14H2,1-4H3/t15-,16-/m0/s1. The summed E-state index contributed by atoms with van der Waals surface area (Å²) in [5.41, 5.74) is 0. The second-order valence-corrected chi connectivity index (χ2v) is 7.15. The average molecular weight is 275 g/mol. The quantitative estimate of drug-likeness (QED) is 0.480. The summed E-state index contributed by atoms with van der Waals surface area (Å²) >= 11 is 0. The fourth-order valence-corrected chi connectivity index (χ4v) is 4.38. The molecule has 0 aromatic rings. The Labute approximate surface area is 118 Å². The molecule has 2 heteroatoms. The highest BCUT2D eigenvalue weighted by Crippen LogP contribution is 2.18. The Morgan fingerprint density at radius 1 is 0.778 bits per heavy atom. The molecule has 0 spiro atoms. The van der Waals surface area contributed by atoms with Crippen LogP contribution in [0.1, 0.15) is 79.1 Å². The number of hydrogen-bond donors (Lipinski definition) is 0. The predicted molar refractivity (Wildman–Crippen MR) is 84.5 cm³/mol. The summed E-state index contributed by atoms with van der Waals surface area (Å²) in [6.07, 6.45) is 10.0. The van der Waals surface area contributed by atoms with Crippen molar-refractivity contribution in [3.8, 4) is 0 Å². The molecular weight excluding hydrogens is 240 g/mol. The van der Waals surface area contributed by atoms with Gasteiger partial charge in [-0.15, -0.1) is 0 Å². The molecule has 0 aromatic heterocycles. The highest BCUT2D eigenvalue weighted by atomic mass is 32.2. The highest BCUT2D eigenvalue weighted by molar-refractivity contribution is 7.85. The molecule has 0 aromatic carbocycles. The Morgan fingerprint density at radius 2 is 1.17 bits per heavy atom. The fourth-order valence-electron chi connectivity index (χ4n) is 2.39. The molecule has 2 atom stereocenters. The van der Waals surface area contributed by atoms with E-state index in [4.69, 9.17) is 0 Å². The molecular formula is C16H34OS. The van der Waals surface area contributed by atoms with Crippen LogP contribution < -0.4 is 0 Å². The van der Waals surface area contributed by atoms with E-state index in [2.05, 4.69) is 27.7 Å². The number of rotatable bonds is 12. The van der Waals surface area contributed by atoms with Gasteiger partial charge in [0.05, 0.1) is 0 Å². The largest absolute Gasteiger partial charge is 0.260 e. The minimum atomic E-state index is -0.587. The van der Waals surface area contributed by atoms with Crippen molar-refractivity contribution >= 4 is 10.8 Å². The summed E-state index contributed by atoms with van der Waals surface area (Å²) in [6, 6.07) is 0. The van der Waals surface area contributed by atoms with Gasteiger partial charge in [0.15, 0.2) is 0 Å². The zero-order chi connectivity index (χ0) is 13.8. The van der Waals surface area contributed by atoms with Crippen LogP contribution in [0.4, 0.5) is 0 Å². The van der Waals surface area contributed by atoms with Crippen molar-refractivity contribution in [2.45, 2.75) is 79.1 Å². The van der Waals surface area contributed by atoms with Crippen molar-refractivity contribution in [2.24, 2.45) is 11.8 Å². The third kappa shape index (κ3) is 9.13. The smallest absolute Gasteiger partial charge is 0.0263 e. The molecule has 0 aliphatic rings. The first-order chi connectivity index (χ1) is 8.67. The SMILES string of the molecule is CCCC[C@H](CC)CS(=O)C[C@@H](CC)CCCC. The van der Waals surface area contributed by atoms with E-state index < -0.39 is 10.8 Å². The molecule has 0 aliphatic carbocycles. The Bertz CT molecular complexity index is 183. The molecule has 0 radical (unpaired) electrons. The van der Waals surface area contributed by atoms with Gasteiger partial charge in [0, 0.05) is 22.3 Å². The van der Waals surface area contributed by atoms with Gasteiger partial charge < -0.3 is 0 Å². The molecule has 110 valence electrons. The predicted octanol–water partition coefficient (Wildman–Crippen LogP) is 5.17. The van der Waals surface area contributed by atoms with Gasteiger partial charge in [-0.1, -0.05) is 66.2 Å². The van der Waals surface area contributed by atoms with Crippen molar-refractivity contribution in [2.75, 3.05) is 11.5 Å². The van der Waals surface area contributed by atoms with Gasteiger partial charge in [0.2, 0.25) is 0 Å². The van der Waals surface area contributed by atoms with Crippen molar-refractivity contribution in [3.63, 3.8) is 0 Å². The third-order valence-corrected chi connectivity index (χ3v) is 5.62. The molecule has 1 nitrogen and oxygen atoms in total. The van der Waals surface area contributed by atoms with E-state index in [1.807, 2.05) is 0 Å². The monoisotopic (exact) mass is 274 g/mol. The summed E-state index contributed by atoms with van der Waals surface area (Å²) in [5.74, 6) is 3.27. The van der Waals surface area contributed by atoms with E-state index in [1.165, 1.54) is 51.4 Å². The van der Waals surface area contributed by atoms with Gasteiger partial charge in [-0.05, 0) is 24.7 Å². The van der Waals surface area contributed by atoms with E-state index in [9.17, 15) is 4.21 Å². The van der Waals surface area contributed by atoms with Crippen LogP contribution in [0.2, 0.25) is 0 Å². The Kier molecular flexibility index (Phi) is 12.3. The van der Waals surface area contributed by atoms with Crippen LogP contribution in [0.25, 0.3) is 0 Å². The zero-order valence-corrected chi connectivity index (χ0v) is 13.9. The van der Waals surface area contributed by atoms with Gasteiger partial charge in [-0.3, -0.25) is 4.21 Å². The summed E-state index contributed by atoms with van der Waals surface area (Å²) in [6.45, 7) is 8.96. The minimum Gasteiger partial charge on any atom is -0.260 e. The summed E-state index contributed by atoms with van der Waals surface area (Å²) in [4.78, 5) is 0. The van der Waals surface area contributed by atoms with Crippen LogP contribution in [-0.4, -0.2) is 15.7 Å². The maximum Gasteiger partial charge on any atom is 0.0263 e. The zero-order valence-electron chi connectivity index (χ0n) is 13.0. The van der Waals surface area contributed by atoms with E-state index in [0.29, 0.717) is 11.8 Å². The summed E-state index contributed by atoms with van der Waals surface area (Å²) in [7, 11) is -0.587. The van der Waals surface area contributed by atoms with Crippen molar-refractivity contribution < 1.29 is 4.21 Å². The molecule has 0 unspecified atom stereocenters. The van der Waals surface area contributed by atoms with Crippen molar-refractivity contribution in [3.05, 3.63) is 0 Å². The first-order valence-corrected chi connectivity index (χ1v) is 9.51. The van der Waals surface area contributed by atoms with E-state index in [0.717, 1.165) is 11.5 Å². The lowest BCUT2D eigenvalue weighted by Crippen LogP contribution is -2.18. The maximum atomic E-state index is 12.2. The first kappa shape index (κ1) is 18.1. The number of unbranched alkanes of at least 4 members (excludes halogenated alkanes) is 2. The second kappa shape index (κ2) is 12.2. The third-order valence-electron chi connectivity index (χ3n) is 3.93. The normalized spacial score (nSPS) is 14.9. The second-order valence-electron chi connectivity index (χ2n) is 5.61. The first-order valence-electron chi connectivity index (χ1n) is 8.02. The van der Waals surface area contributed by atoms with Gasteiger partial charge in [0.1, 0.15) is 0 Å². The molecule has 0 saturated heterocycles. The topological polar surface area (TPSA) is 17.1 Å². The molecule has 0 heterocycles. The molecule has 0 rings (SSSR count). The fraction of sp³-hybridized carbons (Fsp3) is 1.00. The maximum absolute atomic E-state index is 12.2. The van der Waals surface area contributed by atoms with E-state index in [1.54, 1.807) is 0 Å². The van der Waals surface area contributed by atoms with Gasteiger partial charge in [-0.25, -0.2) is 0 Å². The summed E-state index contributed by atoms with van der Waals surface area (Å²) < 4.78 is 12.2. The Balaban J connectivity index is 3.96. The Morgan fingerprint density at radius 3 is 1.44 bits per heavy atom. The lowest BCUT2D eigenvalue weighted by molar-refractivity contribution is 0.480. The molecule has 0 amide bonds. The van der Waals surface area contributed by atoms with Crippen LogP contribution >= 0.6 is 0 Å². The molecule has 0 fully saturated rings. The van der Waals surface area contributed by atoms with Crippen LogP contribution in [0.3, 0.4) is 0 Å². The van der Waals surface area contributed by atoms with E-state index in [-0.39, 0.29) is 0 Å². The molecule has 18 heavy (non-hydrogen) atoms. The molecule has 0 bridgehead atoms. The van der Waals surface area contributed by atoms with Gasteiger partial charge in [-0.2, -0.15) is 0 Å². The van der Waals surface area contributed by atoms with Crippen LogP contribution in [-0.2, 0) is 10.8 Å².